The van der Waals surface area contributed by atoms with Gasteiger partial charge in [-0.1, -0.05) is 17.7 Å². The van der Waals surface area contributed by atoms with Gasteiger partial charge in [0.15, 0.2) is 0 Å². The van der Waals surface area contributed by atoms with Crippen LogP contribution >= 0.6 is 27.5 Å². The maximum atomic E-state index is 6.07. The van der Waals surface area contributed by atoms with E-state index in [4.69, 9.17) is 11.6 Å². The zero-order valence-electron chi connectivity index (χ0n) is 12.3. The van der Waals surface area contributed by atoms with E-state index in [1.165, 1.54) is 38.0 Å². The van der Waals surface area contributed by atoms with Crippen LogP contribution in [0.2, 0.25) is 5.02 Å². The summed E-state index contributed by atoms with van der Waals surface area (Å²) in [5, 5.41) is 4.22. The first-order valence-electron chi connectivity index (χ1n) is 7.45. The zero-order chi connectivity index (χ0) is 14.5. The van der Waals surface area contributed by atoms with E-state index in [2.05, 4.69) is 52.1 Å². The molecule has 1 aromatic rings. The molecule has 0 aliphatic carbocycles. The molecular formula is C16H24BrClN2. The highest BCUT2D eigenvalue weighted by Gasteiger charge is 2.19. The van der Waals surface area contributed by atoms with E-state index in [9.17, 15) is 0 Å². The summed E-state index contributed by atoms with van der Waals surface area (Å²) in [7, 11) is 0. The molecule has 1 aliphatic rings. The number of halogens is 2. The second-order valence-electron chi connectivity index (χ2n) is 5.97. The second kappa shape index (κ2) is 7.79. The number of benzene rings is 1. The predicted octanol–water partition coefficient (Wildman–Crippen LogP) is 4.31. The highest BCUT2D eigenvalue weighted by atomic mass is 79.9. The fourth-order valence-electron chi connectivity index (χ4n) is 2.73. The standard InChI is InChI=1S/C16H24BrClN2/c1-12(2)20(10-13-5-7-19-8-6-13)11-14-3-4-16(18)15(17)9-14/h3-4,9,12-13,19H,5-8,10-11H2,1-2H3. The van der Waals surface area contributed by atoms with Gasteiger partial charge < -0.3 is 5.32 Å². The van der Waals surface area contributed by atoms with E-state index < -0.39 is 0 Å². The first-order valence-corrected chi connectivity index (χ1v) is 8.62. The van der Waals surface area contributed by atoms with Crippen molar-refractivity contribution in [3.05, 3.63) is 33.3 Å². The number of piperidine rings is 1. The molecular weight excluding hydrogens is 336 g/mol. The van der Waals surface area contributed by atoms with Crippen molar-refractivity contribution in [1.29, 1.82) is 0 Å². The third kappa shape index (κ3) is 4.73. The molecule has 1 fully saturated rings. The van der Waals surface area contributed by atoms with Gasteiger partial charge in [-0.25, -0.2) is 0 Å². The van der Waals surface area contributed by atoms with Crippen molar-refractivity contribution >= 4 is 27.5 Å². The average molecular weight is 360 g/mol. The molecule has 0 unspecified atom stereocenters. The highest BCUT2D eigenvalue weighted by molar-refractivity contribution is 9.10. The van der Waals surface area contributed by atoms with Crippen molar-refractivity contribution in [2.45, 2.75) is 39.3 Å². The molecule has 0 bridgehead atoms. The van der Waals surface area contributed by atoms with Crippen molar-refractivity contribution in [1.82, 2.24) is 10.2 Å². The molecule has 1 aromatic carbocycles. The SMILES string of the molecule is CC(C)N(Cc1ccc(Cl)c(Br)c1)CC1CCNCC1. The molecule has 0 radical (unpaired) electrons. The lowest BCUT2D eigenvalue weighted by atomic mass is 9.97. The summed E-state index contributed by atoms with van der Waals surface area (Å²) < 4.78 is 0.988. The number of hydrogen-bond acceptors (Lipinski definition) is 2. The van der Waals surface area contributed by atoms with Gasteiger partial charge in [-0.3, -0.25) is 4.90 Å². The van der Waals surface area contributed by atoms with Crippen molar-refractivity contribution < 1.29 is 0 Å². The quantitative estimate of drug-likeness (QED) is 0.842. The first-order chi connectivity index (χ1) is 9.56. The predicted molar refractivity (Wildman–Crippen MR) is 90.3 cm³/mol. The second-order valence-corrected chi connectivity index (χ2v) is 7.23. The smallest absolute Gasteiger partial charge is 0.0548 e. The maximum Gasteiger partial charge on any atom is 0.0548 e. The first kappa shape index (κ1) is 16.3. The molecule has 2 nitrogen and oxygen atoms in total. The van der Waals surface area contributed by atoms with Crippen LogP contribution < -0.4 is 5.32 Å². The fourth-order valence-corrected chi connectivity index (χ4v) is 3.27. The Labute approximate surface area is 136 Å². The molecule has 4 heteroatoms. The Morgan fingerprint density at radius 1 is 1.35 bits per heavy atom. The normalized spacial score (nSPS) is 17.1. The summed E-state index contributed by atoms with van der Waals surface area (Å²) in [5.74, 6) is 0.828. The van der Waals surface area contributed by atoms with Gasteiger partial charge in [-0.05, 0) is 79.3 Å². The third-order valence-electron chi connectivity index (χ3n) is 4.05. The van der Waals surface area contributed by atoms with Crippen LogP contribution in [0.3, 0.4) is 0 Å². The molecule has 1 saturated heterocycles. The molecule has 0 spiro atoms. The summed E-state index contributed by atoms with van der Waals surface area (Å²) in [6.07, 6.45) is 2.60. The third-order valence-corrected chi connectivity index (χ3v) is 5.27. The van der Waals surface area contributed by atoms with Crippen LogP contribution in [0.5, 0.6) is 0 Å². The van der Waals surface area contributed by atoms with Gasteiger partial charge in [-0.2, -0.15) is 0 Å². The van der Waals surface area contributed by atoms with Crippen LogP contribution in [-0.4, -0.2) is 30.6 Å². The van der Waals surface area contributed by atoms with Crippen molar-refractivity contribution in [2.75, 3.05) is 19.6 Å². The molecule has 0 amide bonds. The number of hydrogen-bond donors (Lipinski definition) is 1. The summed E-state index contributed by atoms with van der Waals surface area (Å²) in [5.41, 5.74) is 1.32. The average Bonchev–Trinajstić information content (AvgIpc) is 2.43. The molecule has 112 valence electrons. The lowest BCUT2D eigenvalue weighted by Gasteiger charge is -2.32. The molecule has 0 atom stereocenters. The van der Waals surface area contributed by atoms with E-state index >= 15 is 0 Å². The van der Waals surface area contributed by atoms with Crippen LogP contribution in [0.4, 0.5) is 0 Å². The minimum Gasteiger partial charge on any atom is -0.317 e. The lowest BCUT2D eigenvalue weighted by Crippen LogP contribution is -2.39. The maximum absolute atomic E-state index is 6.07. The molecule has 0 aromatic heterocycles. The Kier molecular flexibility index (Phi) is 6.34. The van der Waals surface area contributed by atoms with E-state index in [1.54, 1.807) is 0 Å². The highest BCUT2D eigenvalue weighted by Crippen LogP contribution is 2.25. The minimum absolute atomic E-state index is 0.569. The molecule has 20 heavy (non-hydrogen) atoms. The number of rotatable bonds is 5. The van der Waals surface area contributed by atoms with Crippen LogP contribution in [0.1, 0.15) is 32.3 Å². The van der Waals surface area contributed by atoms with Gasteiger partial charge in [0, 0.05) is 23.6 Å². The largest absolute Gasteiger partial charge is 0.317 e. The molecule has 1 N–H and O–H groups in total. The summed E-state index contributed by atoms with van der Waals surface area (Å²) >= 11 is 9.58. The summed E-state index contributed by atoms with van der Waals surface area (Å²) in [6.45, 7) is 9.10. The van der Waals surface area contributed by atoms with Crippen LogP contribution in [0, 0.1) is 5.92 Å². The van der Waals surface area contributed by atoms with Gasteiger partial charge in [0.2, 0.25) is 0 Å². The summed E-state index contributed by atoms with van der Waals surface area (Å²) in [4.78, 5) is 2.58. The molecule has 0 saturated carbocycles. The van der Waals surface area contributed by atoms with Gasteiger partial charge >= 0.3 is 0 Å². The Hall–Kier alpha value is -0.0900. The van der Waals surface area contributed by atoms with Gasteiger partial charge in [0.1, 0.15) is 0 Å². The van der Waals surface area contributed by atoms with E-state index in [-0.39, 0.29) is 0 Å². The topological polar surface area (TPSA) is 15.3 Å². The fraction of sp³-hybridized carbons (Fsp3) is 0.625. The zero-order valence-corrected chi connectivity index (χ0v) is 14.7. The van der Waals surface area contributed by atoms with E-state index in [0.29, 0.717) is 6.04 Å². The molecule has 1 aliphatic heterocycles. The number of nitrogens with one attached hydrogen (secondary N) is 1. The van der Waals surface area contributed by atoms with Crippen molar-refractivity contribution in [3.63, 3.8) is 0 Å². The molecule has 1 heterocycles. The Bertz CT molecular complexity index is 430. The van der Waals surface area contributed by atoms with Crippen LogP contribution in [0.15, 0.2) is 22.7 Å². The van der Waals surface area contributed by atoms with Crippen LogP contribution in [-0.2, 0) is 6.54 Å². The number of nitrogens with zero attached hydrogens (tertiary/aromatic N) is 1. The van der Waals surface area contributed by atoms with Crippen molar-refractivity contribution in [2.24, 2.45) is 5.92 Å². The molecule has 2 rings (SSSR count). The monoisotopic (exact) mass is 358 g/mol. The Morgan fingerprint density at radius 3 is 2.65 bits per heavy atom. The van der Waals surface area contributed by atoms with Gasteiger partial charge in [0.05, 0.1) is 5.02 Å². The minimum atomic E-state index is 0.569. The Balaban J connectivity index is 1.99. The lowest BCUT2D eigenvalue weighted by molar-refractivity contribution is 0.162. The van der Waals surface area contributed by atoms with Crippen molar-refractivity contribution in [3.8, 4) is 0 Å². The van der Waals surface area contributed by atoms with Gasteiger partial charge in [0.25, 0.3) is 0 Å². The summed E-state index contributed by atoms with van der Waals surface area (Å²) in [6, 6.07) is 6.81. The Morgan fingerprint density at radius 2 is 2.05 bits per heavy atom. The van der Waals surface area contributed by atoms with Gasteiger partial charge in [-0.15, -0.1) is 0 Å². The van der Waals surface area contributed by atoms with E-state index in [1.807, 2.05) is 6.07 Å². The van der Waals surface area contributed by atoms with E-state index in [0.717, 1.165) is 22.0 Å². The van der Waals surface area contributed by atoms with Crippen LogP contribution in [0.25, 0.3) is 0 Å².